The van der Waals surface area contributed by atoms with Crippen molar-refractivity contribution in [2.24, 2.45) is 0 Å². The van der Waals surface area contributed by atoms with Crippen molar-refractivity contribution in [3.8, 4) is 0 Å². The minimum absolute atomic E-state index is 0.130. The molecule has 0 fully saturated rings. The first-order valence-electron chi connectivity index (χ1n) is 5.05. The highest BCUT2D eigenvalue weighted by Crippen LogP contribution is 2.15. The predicted molar refractivity (Wildman–Crippen MR) is 56.3 cm³/mol. The van der Waals surface area contributed by atoms with Crippen molar-refractivity contribution in [1.29, 1.82) is 0 Å². The van der Waals surface area contributed by atoms with Crippen LogP contribution in [0.3, 0.4) is 0 Å². The number of hydrogen-bond acceptors (Lipinski definition) is 2. The van der Waals surface area contributed by atoms with E-state index in [-0.39, 0.29) is 13.2 Å². The van der Waals surface area contributed by atoms with Crippen LogP contribution in [-0.2, 0) is 11.2 Å². The zero-order valence-corrected chi connectivity index (χ0v) is 8.97. The van der Waals surface area contributed by atoms with E-state index in [1.54, 1.807) is 0 Å². The van der Waals surface area contributed by atoms with Gasteiger partial charge in [0, 0.05) is 12.2 Å². The Bertz CT molecular complexity index is 308. The maximum atomic E-state index is 11.6. The van der Waals surface area contributed by atoms with E-state index in [1.807, 2.05) is 31.2 Å². The Kier molecular flexibility index (Phi) is 4.61. The summed E-state index contributed by atoms with van der Waals surface area (Å²) in [5.74, 6) is 0. The van der Waals surface area contributed by atoms with Crippen LogP contribution in [0.15, 0.2) is 24.3 Å². The van der Waals surface area contributed by atoms with E-state index in [0.717, 1.165) is 12.1 Å². The van der Waals surface area contributed by atoms with Crippen LogP contribution < -0.4 is 5.32 Å². The largest absolute Gasteiger partial charge is 0.522 e. The van der Waals surface area contributed by atoms with Crippen molar-refractivity contribution in [2.45, 2.75) is 19.7 Å². The van der Waals surface area contributed by atoms with Gasteiger partial charge in [-0.05, 0) is 24.1 Å². The Morgan fingerprint density at radius 1 is 1.19 bits per heavy atom. The normalized spacial score (nSPS) is 11.5. The van der Waals surface area contributed by atoms with Gasteiger partial charge >= 0.3 is 6.36 Å². The molecule has 0 aliphatic carbocycles. The molecular formula is C11H14F3NO. The lowest BCUT2D eigenvalue weighted by molar-refractivity contribution is -0.322. The second-order valence-electron chi connectivity index (χ2n) is 3.27. The maximum absolute atomic E-state index is 11.6. The average Bonchev–Trinajstić information content (AvgIpc) is 2.24. The van der Waals surface area contributed by atoms with E-state index < -0.39 is 6.36 Å². The number of alkyl halides is 3. The number of ether oxygens (including phenoxy) is 1. The van der Waals surface area contributed by atoms with Gasteiger partial charge in [-0.25, -0.2) is 0 Å². The molecule has 0 amide bonds. The molecule has 0 aliphatic heterocycles. The molecular weight excluding hydrogens is 219 g/mol. The van der Waals surface area contributed by atoms with Crippen LogP contribution >= 0.6 is 0 Å². The van der Waals surface area contributed by atoms with Gasteiger partial charge in [0.05, 0.1) is 6.61 Å². The van der Waals surface area contributed by atoms with Crippen molar-refractivity contribution in [3.63, 3.8) is 0 Å². The van der Waals surface area contributed by atoms with Gasteiger partial charge in [0.25, 0.3) is 0 Å². The average molecular weight is 233 g/mol. The number of benzene rings is 1. The van der Waals surface area contributed by atoms with Crippen LogP contribution in [0.4, 0.5) is 18.9 Å². The number of halogens is 3. The molecule has 2 nitrogen and oxygen atoms in total. The molecule has 0 heterocycles. The molecule has 0 aliphatic rings. The highest BCUT2D eigenvalue weighted by atomic mass is 19.4. The molecule has 0 aromatic heterocycles. The Morgan fingerprint density at radius 2 is 1.81 bits per heavy atom. The number of nitrogens with one attached hydrogen (secondary N) is 1. The Balaban J connectivity index is 2.27. The smallest absolute Gasteiger partial charge is 0.383 e. The molecule has 0 saturated heterocycles. The van der Waals surface area contributed by atoms with E-state index in [9.17, 15) is 13.2 Å². The van der Waals surface area contributed by atoms with Crippen LogP contribution in [0.1, 0.15) is 12.5 Å². The molecule has 0 unspecified atom stereocenters. The maximum Gasteiger partial charge on any atom is 0.522 e. The summed E-state index contributed by atoms with van der Waals surface area (Å²) >= 11 is 0. The summed E-state index contributed by atoms with van der Waals surface area (Å²) in [6.07, 6.45) is -3.61. The second kappa shape index (κ2) is 5.75. The van der Waals surface area contributed by atoms with Crippen LogP contribution in [0.2, 0.25) is 0 Å². The number of aryl methyl sites for hydroxylation is 1. The van der Waals surface area contributed by atoms with Gasteiger partial charge in [-0.15, -0.1) is 13.2 Å². The minimum atomic E-state index is -4.55. The van der Waals surface area contributed by atoms with Gasteiger partial charge in [0.15, 0.2) is 0 Å². The third-order valence-electron chi connectivity index (χ3n) is 2.06. The lowest BCUT2D eigenvalue weighted by atomic mass is 10.1. The summed E-state index contributed by atoms with van der Waals surface area (Å²) in [5.41, 5.74) is 1.99. The molecule has 1 rings (SSSR count). The molecule has 0 atom stereocenters. The fraction of sp³-hybridized carbons (Fsp3) is 0.455. The van der Waals surface area contributed by atoms with Crippen molar-refractivity contribution >= 4 is 5.69 Å². The van der Waals surface area contributed by atoms with Gasteiger partial charge in [-0.2, -0.15) is 0 Å². The van der Waals surface area contributed by atoms with E-state index >= 15 is 0 Å². The molecule has 90 valence electrons. The SMILES string of the molecule is CCc1ccc(NCCOC(F)(F)F)cc1. The lowest BCUT2D eigenvalue weighted by Gasteiger charge is -2.09. The molecule has 1 N–H and O–H groups in total. The summed E-state index contributed by atoms with van der Waals surface area (Å²) in [5, 5.41) is 2.84. The summed E-state index contributed by atoms with van der Waals surface area (Å²) in [4.78, 5) is 0. The zero-order valence-electron chi connectivity index (χ0n) is 8.97. The van der Waals surface area contributed by atoms with Gasteiger partial charge in [0.2, 0.25) is 0 Å². The highest BCUT2D eigenvalue weighted by molar-refractivity contribution is 5.44. The van der Waals surface area contributed by atoms with E-state index in [4.69, 9.17) is 0 Å². The molecule has 1 aromatic carbocycles. The standard InChI is InChI=1S/C11H14F3NO/c1-2-9-3-5-10(6-4-9)15-7-8-16-11(12,13)14/h3-6,15H,2,7-8H2,1H3. The van der Waals surface area contributed by atoms with E-state index in [2.05, 4.69) is 10.1 Å². The number of hydrogen-bond donors (Lipinski definition) is 1. The predicted octanol–water partition coefficient (Wildman–Crippen LogP) is 3.20. The molecule has 0 bridgehead atoms. The molecule has 0 radical (unpaired) electrons. The fourth-order valence-electron chi connectivity index (χ4n) is 1.22. The highest BCUT2D eigenvalue weighted by Gasteiger charge is 2.28. The summed E-state index contributed by atoms with van der Waals surface area (Å²) in [6.45, 7) is 1.78. The third-order valence-corrected chi connectivity index (χ3v) is 2.06. The first-order chi connectivity index (χ1) is 7.51. The fourth-order valence-corrected chi connectivity index (χ4v) is 1.22. The van der Waals surface area contributed by atoms with Crippen molar-refractivity contribution in [3.05, 3.63) is 29.8 Å². The van der Waals surface area contributed by atoms with Crippen LogP contribution in [-0.4, -0.2) is 19.5 Å². The minimum Gasteiger partial charge on any atom is -0.383 e. The molecule has 0 saturated carbocycles. The Morgan fingerprint density at radius 3 is 2.31 bits per heavy atom. The monoisotopic (exact) mass is 233 g/mol. The van der Waals surface area contributed by atoms with Crippen molar-refractivity contribution < 1.29 is 17.9 Å². The summed E-state index contributed by atoms with van der Waals surface area (Å²) < 4.78 is 38.5. The van der Waals surface area contributed by atoms with Gasteiger partial charge in [0.1, 0.15) is 0 Å². The third kappa shape index (κ3) is 5.02. The van der Waals surface area contributed by atoms with Gasteiger partial charge in [-0.1, -0.05) is 19.1 Å². The quantitative estimate of drug-likeness (QED) is 0.788. The van der Waals surface area contributed by atoms with Crippen molar-refractivity contribution in [1.82, 2.24) is 0 Å². The number of anilines is 1. The molecule has 5 heteroatoms. The van der Waals surface area contributed by atoms with Crippen LogP contribution in [0.25, 0.3) is 0 Å². The van der Waals surface area contributed by atoms with Gasteiger partial charge in [-0.3, -0.25) is 4.74 Å². The molecule has 16 heavy (non-hydrogen) atoms. The number of rotatable bonds is 5. The summed E-state index contributed by atoms with van der Waals surface area (Å²) in [6, 6.07) is 7.55. The topological polar surface area (TPSA) is 21.3 Å². The Hall–Kier alpha value is -1.23. The summed E-state index contributed by atoms with van der Waals surface area (Å²) in [7, 11) is 0. The van der Waals surface area contributed by atoms with E-state index in [0.29, 0.717) is 0 Å². The lowest BCUT2D eigenvalue weighted by Crippen LogP contribution is -2.19. The van der Waals surface area contributed by atoms with E-state index in [1.165, 1.54) is 5.56 Å². The van der Waals surface area contributed by atoms with Crippen molar-refractivity contribution in [2.75, 3.05) is 18.5 Å². The first kappa shape index (κ1) is 12.8. The van der Waals surface area contributed by atoms with Crippen LogP contribution in [0.5, 0.6) is 0 Å². The van der Waals surface area contributed by atoms with Gasteiger partial charge < -0.3 is 5.32 Å². The first-order valence-corrected chi connectivity index (χ1v) is 5.05. The Labute approximate surface area is 92.4 Å². The molecule has 0 spiro atoms. The second-order valence-corrected chi connectivity index (χ2v) is 3.27. The molecule has 1 aromatic rings. The van der Waals surface area contributed by atoms with Crippen LogP contribution in [0, 0.1) is 0 Å². The zero-order chi connectivity index (χ0) is 12.0.